The molecule has 24 heavy (non-hydrogen) atoms. The average molecular weight is 328 g/mol. The van der Waals surface area contributed by atoms with E-state index in [0.29, 0.717) is 23.6 Å². The standard InChI is InChI=1S/C18H20N2O4/c1-10(2)17-16(11(3)19-24-17)18(23)20-9-12(8-15(21)22)13-6-4-5-7-14(13)20/h4-7,10,12H,8-9H2,1-3H3,(H,21,22). The molecule has 1 atom stereocenters. The molecule has 1 unspecified atom stereocenters. The predicted octanol–water partition coefficient (Wildman–Crippen LogP) is 3.33. The molecule has 1 aliphatic heterocycles. The fraction of sp³-hybridized carbons (Fsp3) is 0.389. The first kappa shape index (κ1) is 16.2. The van der Waals surface area contributed by atoms with Crippen molar-refractivity contribution in [2.75, 3.05) is 11.4 Å². The molecule has 0 radical (unpaired) electrons. The van der Waals surface area contributed by atoms with Crippen LogP contribution in [0.4, 0.5) is 5.69 Å². The van der Waals surface area contributed by atoms with Crippen molar-refractivity contribution in [3.63, 3.8) is 0 Å². The lowest BCUT2D eigenvalue weighted by molar-refractivity contribution is -0.137. The molecule has 0 saturated carbocycles. The minimum atomic E-state index is -0.867. The van der Waals surface area contributed by atoms with Gasteiger partial charge in [0.2, 0.25) is 0 Å². The fourth-order valence-corrected chi connectivity index (χ4v) is 3.25. The van der Waals surface area contributed by atoms with Crippen molar-refractivity contribution >= 4 is 17.6 Å². The van der Waals surface area contributed by atoms with E-state index in [1.54, 1.807) is 11.8 Å². The number of anilines is 1. The van der Waals surface area contributed by atoms with Gasteiger partial charge < -0.3 is 14.5 Å². The summed E-state index contributed by atoms with van der Waals surface area (Å²) in [7, 11) is 0. The van der Waals surface area contributed by atoms with Crippen LogP contribution in [0.3, 0.4) is 0 Å². The van der Waals surface area contributed by atoms with Crippen molar-refractivity contribution in [1.29, 1.82) is 0 Å². The number of aromatic nitrogens is 1. The Balaban J connectivity index is 2.00. The van der Waals surface area contributed by atoms with Crippen LogP contribution in [0.1, 0.15) is 59.5 Å². The van der Waals surface area contributed by atoms with Gasteiger partial charge in [-0.2, -0.15) is 0 Å². The number of aryl methyl sites for hydroxylation is 1. The third-order valence-corrected chi connectivity index (χ3v) is 4.36. The first-order chi connectivity index (χ1) is 11.4. The van der Waals surface area contributed by atoms with E-state index in [0.717, 1.165) is 11.3 Å². The van der Waals surface area contributed by atoms with Crippen LogP contribution in [-0.4, -0.2) is 28.7 Å². The largest absolute Gasteiger partial charge is 0.481 e. The maximum atomic E-state index is 13.1. The minimum Gasteiger partial charge on any atom is -0.481 e. The molecule has 1 aromatic heterocycles. The van der Waals surface area contributed by atoms with Gasteiger partial charge >= 0.3 is 5.97 Å². The maximum absolute atomic E-state index is 13.1. The van der Waals surface area contributed by atoms with Gasteiger partial charge in [0, 0.05) is 24.1 Å². The van der Waals surface area contributed by atoms with Crippen LogP contribution in [0, 0.1) is 6.92 Å². The van der Waals surface area contributed by atoms with Crippen LogP contribution >= 0.6 is 0 Å². The Kier molecular flexibility index (Phi) is 4.13. The second-order valence-corrected chi connectivity index (χ2v) is 6.43. The summed E-state index contributed by atoms with van der Waals surface area (Å²) in [6.07, 6.45) is 0.000447. The highest BCUT2D eigenvalue weighted by Crippen LogP contribution is 2.39. The van der Waals surface area contributed by atoms with Crippen molar-refractivity contribution in [2.45, 2.75) is 39.0 Å². The normalized spacial score (nSPS) is 16.5. The number of carboxylic acid groups (broad SMARTS) is 1. The molecule has 1 aliphatic rings. The van der Waals surface area contributed by atoms with Gasteiger partial charge in [-0.05, 0) is 18.6 Å². The van der Waals surface area contributed by atoms with Crippen LogP contribution in [0.15, 0.2) is 28.8 Å². The molecule has 6 nitrogen and oxygen atoms in total. The summed E-state index contributed by atoms with van der Waals surface area (Å²) in [6.45, 7) is 6.00. The molecule has 6 heteroatoms. The predicted molar refractivity (Wildman–Crippen MR) is 88.4 cm³/mol. The first-order valence-electron chi connectivity index (χ1n) is 7.99. The number of carboxylic acids is 1. The Morgan fingerprint density at radius 3 is 2.75 bits per heavy atom. The first-order valence-corrected chi connectivity index (χ1v) is 7.99. The van der Waals surface area contributed by atoms with Crippen molar-refractivity contribution in [2.24, 2.45) is 0 Å². The van der Waals surface area contributed by atoms with E-state index >= 15 is 0 Å². The van der Waals surface area contributed by atoms with Crippen molar-refractivity contribution in [3.05, 3.63) is 46.8 Å². The Hall–Kier alpha value is -2.63. The molecule has 0 bridgehead atoms. The van der Waals surface area contributed by atoms with Crippen LogP contribution in [0.25, 0.3) is 0 Å². The van der Waals surface area contributed by atoms with Gasteiger partial charge in [0.15, 0.2) is 5.76 Å². The molecule has 0 aliphatic carbocycles. The van der Waals surface area contributed by atoms with E-state index in [1.807, 2.05) is 38.1 Å². The third-order valence-electron chi connectivity index (χ3n) is 4.36. The van der Waals surface area contributed by atoms with E-state index in [2.05, 4.69) is 5.16 Å². The summed E-state index contributed by atoms with van der Waals surface area (Å²) in [5, 5.41) is 13.1. The Labute approximate surface area is 140 Å². The highest BCUT2D eigenvalue weighted by Gasteiger charge is 2.36. The van der Waals surface area contributed by atoms with Crippen molar-refractivity contribution in [3.8, 4) is 0 Å². The lowest BCUT2D eigenvalue weighted by Gasteiger charge is -2.18. The molecule has 0 saturated heterocycles. The smallest absolute Gasteiger partial charge is 0.304 e. The maximum Gasteiger partial charge on any atom is 0.304 e. The number of rotatable bonds is 4. The van der Waals surface area contributed by atoms with Crippen LogP contribution in [0.2, 0.25) is 0 Å². The molecule has 1 N–H and O–H groups in total. The zero-order valence-corrected chi connectivity index (χ0v) is 13.9. The van der Waals surface area contributed by atoms with Crippen molar-refractivity contribution in [1.82, 2.24) is 5.16 Å². The molecule has 0 spiro atoms. The number of para-hydroxylation sites is 1. The molecule has 0 fully saturated rings. The number of fused-ring (bicyclic) bond motifs is 1. The third kappa shape index (κ3) is 2.68. The average Bonchev–Trinajstić information content (AvgIpc) is 3.08. The number of carbonyl (C=O) groups is 2. The number of benzene rings is 1. The summed E-state index contributed by atoms with van der Waals surface area (Å²) in [4.78, 5) is 25.9. The molecule has 1 aromatic carbocycles. The van der Waals surface area contributed by atoms with E-state index in [1.165, 1.54) is 0 Å². The molecule has 2 heterocycles. The van der Waals surface area contributed by atoms with Gasteiger partial charge in [-0.25, -0.2) is 0 Å². The number of nitrogens with zero attached hydrogens (tertiary/aromatic N) is 2. The Bertz CT molecular complexity index is 794. The van der Waals surface area contributed by atoms with Gasteiger partial charge in [0.05, 0.1) is 12.1 Å². The van der Waals surface area contributed by atoms with E-state index < -0.39 is 5.97 Å². The second-order valence-electron chi connectivity index (χ2n) is 6.43. The SMILES string of the molecule is Cc1noc(C(C)C)c1C(=O)N1CC(CC(=O)O)c2ccccc21. The number of hydrogen-bond acceptors (Lipinski definition) is 4. The molecule has 3 rings (SSSR count). The Morgan fingerprint density at radius 1 is 1.38 bits per heavy atom. The molecular formula is C18H20N2O4. The molecule has 1 amide bonds. The lowest BCUT2D eigenvalue weighted by Crippen LogP contribution is -2.31. The Morgan fingerprint density at radius 2 is 2.08 bits per heavy atom. The fourth-order valence-electron chi connectivity index (χ4n) is 3.25. The highest BCUT2D eigenvalue weighted by molar-refractivity contribution is 6.09. The summed E-state index contributed by atoms with van der Waals surface area (Å²) in [5.41, 5.74) is 2.70. The summed E-state index contributed by atoms with van der Waals surface area (Å²) < 4.78 is 5.33. The highest BCUT2D eigenvalue weighted by atomic mass is 16.5. The number of carbonyl (C=O) groups excluding carboxylic acids is 1. The second kappa shape index (κ2) is 6.11. The van der Waals surface area contributed by atoms with Gasteiger partial charge in [0.1, 0.15) is 5.56 Å². The number of hydrogen-bond donors (Lipinski definition) is 1. The van der Waals surface area contributed by atoms with Crippen LogP contribution in [0.5, 0.6) is 0 Å². The van der Waals surface area contributed by atoms with E-state index in [-0.39, 0.29) is 24.2 Å². The zero-order valence-electron chi connectivity index (χ0n) is 13.9. The van der Waals surface area contributed by atoms with Gasteiger partial charge in [-0.1, -0.05) is 37.2 Å². The molecule has 126 valence electrons. The zero-order chi connectivity index (χ0) is 17.4. The van der Waals surface area contributed by atoms with Gasteiger partial charge in [-0.3, -0.25) is 9.59 Å². The molecular weight excluding hydrogens is 308 g/mol. The lowest BCUT2D eigenvalue weighted by atomic mass is 9.98. The van der Waals surface area contributed by atoms with E-state index in [9.17, 15) is 9.59 Å². The topological polar surface area (TPSA) is 83.6 Å². The minimum absolute atomic E-state index is 0.000447. The molecule has 2 aromatic rings. The van der Waals surface area contributed by atoms with Crippen molar-refractivity contribution < 1.29 is 19.2 Å². The number of aliphatic carboxylic acids is 1. The van der Waals surface area contributed by atoms with Gasteiger partial charge in [-0.15, -0.1) is 0 Å². The monoisotopic (exact) mass is 328 g/mol. The summed E-state index contributed by atoms with van der Waals surface area (Å²) in [5.74, 6) is -0.647. The van der Waals surface area contributed by atoms with E-state index in [4.69, 9.17) is 9.63 Å². The van der Waals surface area contributed by atoms with Crippen LogP contribution in [-0.2, 0) is 4.79 Å². The van der Waals surface area contributed by atoms with Crippen LogP contribution < -0.4 is 4.90 Å². The quantitative estimate of drug-likeness (QED) is 0.930. The number of amides is 1. The summed E-state index contributed by atoms with van der Waals surface area (Å²) in [6, 6.07) is 7.46. The summed E-state index contributed by atoms with van der Waals surface area (Å²) >= 11 is 0. The van der Waals surface area contributed by atoms with Gasteiger partial charge in [0.25, 0.3) is 5.91 Å².